The molecule has 4 rings (SSSR count). The van der Waals surface area contributed by atoms with Gasteiger partial charge in [0.2, 0.25) is 6.79 Å². The van der Waals surface area contributed by atoms with Crippen molar-refractivity contribution in [2.75, 3.05) is 26.6 Å². The Kier molecular flexibility index (Phi) is 6.21. The number of ketones is 1. The van der Waals surface area contributed by atoms with E-state index in [1.807, 2.05) is 6.07 Å². The molecule has 0 bridgehead atoms. The van der Waals surface area contributed by atoms with E-state index in [9.17, 15) is 14.4 Å². The number of ether oxygens (including phenoxy) is 5. The standard InChI is InChI=1S/C22H21NO8/c24-16(15-2-5-17-20(10-15)28-8-7-27-17)3-6-22(26)29-12-21(25)23-11-14-1-4-18-19(9-14)31-13-30-18/h1-2,4-5,9-10H,3,6-8,11-13H2,(H,23,25). The van der Waals surface area contributed by atoms with Crippen LogP contribution in [0.1, 0.15) is 28.8 Å². The molecule has 31 heavy (non-hydrogen) atoms. The second kappa shape index (κ2) is 9.38. The van der Waals surface area contributed by atoms with E-state index < -0.39 is 18.5 Å². The van der Waals surface area contributed by atoms with Crippen molar-refractivity contribution in [3.63, 3.8) is 0 Å². The molecular weight excluding hydrogens is 406 g/mol. The lowest BCUT2D eigenvalue weighted by molar-refractivity contribution is -0.148. The zero-order valence-corrected chi connectivity index (χ0v) is 16.7. The van der Waals surface area contributed by atoms with Gasteiger partial charge < -0.3 is 29.0 Å². The summed E-state index contributed by atoms with van der Waals surface area (Å²) in [6.45, 7) is 0.916. The number of nitrogens with one attached hydrogen (secondary N) is 1. The van der Waals surface area contributed by atoms with E-state index in [0.717, 1.165) is 5.56 Å². The fraction of sp³-hybridized carbons (Fsp3) is 0.318. The predicted octanol–water partition coefficient (Wildman–Crippen LogP) is 2.01. The minimum atomic E-state index is -0.621. The van der Waals surface area contributed by atoms with Crippen LogP contribution in [0.25, 0.3) is 0 Å². The summed E-state index contributed by atoms with van der Waals surface area (Å²) in [6.07, 6.45) is -0.153. The number of benzene rings is 2. The topological polar surface area (TPSA) is 109 Å². The van der Waals surface area contributed by atoms with Crippen molar-refractivity contribution in [3.05, 3.63) is 47.5 Å². The van der Waals surface area contributed by atoms with Gasteiger partial charge in [0.1, 0.15) is 13.2 Å². The van der Waals surface area contributed by atoms with Crippen LogP contribution in [0, 0.1) is 0 Å². The molecule has 2 aliphatic heterocycles. The quantitative estimate of drug-likeness (QED) is 0.503. The number of esters is 1. The molecule has 0 saturated heterocycles. The molecule has 162 valence electrons. The fourth-order valence-corrected chi connectivity index (χ4v) is 3.10. The zero-order valence-electron chi connectivity index (χ0n) is 16.7. The lowest BCUT2D eigenvalue weighted by atomic mass is 10.1. The SMILES string of the molecule is O=C(COC(=O)CCC(=O)c1ccc2c(c1)OCCO2)NCc1ccc2c(c1)OCO2. The second-order valence-corrected chi connectivity index (χ2v) is 6.91. The van der Waals surface area contributed by atoms with Crippen LogP contribution >= 0.6 is 0 Å². The maximum atomic E-state index is 12.3. The highest BCUT2D eigenvalue weighted by molar-refractivity contribution is 5.98. The van der Waals surface area contributed by atoms with Crippen LogP contribution in [0.2, 0.25) is 0 Å². The molecule has 2 aliphatic rings. The molecule has 2 aromatic rings. The van der Waals surface area contributed by atoms with Gasteiger partial charge in [-0.05, 0) is 35.9 Å². The van der Waals surface area contributed by atoms with Crippen LogP contribution in [-0.2, 0) is 20.9 Å². The first-order valence-corrected chi connectivity index (χ1v) is 9.82. The van der Waals surface area contributed by atoms with Crippen LogP contribution in [0.5, 0.6) is 23.0 Å². The predicted molar refractivity (Wildman–Crippen MR) is 106 cm³/mol. The van der Waals surface area contributed by atoms with E-state index in [1.54, 1.807) is 30.3 Å². The van der Waals surface area contributed by atoms with E-state index >= 15 is 0 Å². The van der Waals surface area contributed by atoms with Crippen LogP contribution in [0.4, 0.5) is 0 Å². The summed E-state index contributed by atoms with van der Waals surface area (Å²) in [4.78, 5) is 36.1. The number of amides is 1. The number of carbonyl (C=O) groups excluding carboxylic acids is 3. The van der Waals surface area contributed by atoms with E-state index in [2.05, 4.69) is 5.32 Å². The Morgan fingerprint density at radius 3 is 2.42 bits per heavy atom. The van der Waals surface area contributed by atoms with Crippen LogP contribution in [0.15, 0.2) is 36.4 Å². The first-order valence-electron chi connectivity index (χ1n) is 9.82. The van der Waals surface area contributed by atoms with Gasteiger partial charge in [0.25, 0.3) is 5.91 Å². The number of Topliss-reactive ketones (excluding diaryl/α,β-unsaturated/α-hetero) is 1. The molecule has 0 aliphatic carbocycles. The summed E-state index contributed by atoms with van der Waals surface area (Å²) < 4.78 is 26.3. The van der Waals surface area contributed by atoms with Crippen molar-refractivity contribution in [3.8, 4) is 23.0 Å². The monoisotopic (exact) mass is 427 g/mol. The van der Waals surface area contributed by atoms with Crippen molar-refractivity contribution < 1.29 is 38.1 Å². The normalized spacial score (nSPS) is 13.4. The van der Waals surface area contributed by atoms with E-state index in [0.29, 0.717) is 41.8 Å². The average molecular weight is 427 g/mol. The maximum absolute atomic E-state index is 12.3. The molecule has 0 aromatic heterocycles. The van der Waals surface area contributed by atoms with Crippen LogP contribution in [-0.4, -0.2) is 44.3 Å². The first kappa shape index (κ1) is 20.5. The summed E-state index contributed by atoms with van der Waals surface area (Å²) in [5.74, 6) is 1.11. The van der Waals surface area contributed by atoms with E-state index in [-0.39, 0.29) is 32.0 Å². The Morgan fingerprint density at radius 2 is 1.55 bits per heavy atom. The lowest BCUT2D eigenvalue weighted by Crippen LogP contribution is -2.28. The molecule has 0 radical (unpaired) electrons. The molecule has 1 amide bonds. The Morgan fingerprint density at radius 1 is 0.839 bits per heavy atom. The largest absolute Gasteiger partial charge is 0.486 e. The first-order chi connectivity index (χ1) is 15.1. The summed E-state index contributed by atoms with van der Waals surface area (Å²) >= 11 is 0. The Balaban J connectivity index is 1.17. The molecule has 0 saturated carbocycles. The molecule has 9 heteroatoms. The van der Waals surface area contributed by atoms with Gasteiger partial charge in [0.05, 0.1) is 6.42 Å². The van der Waals surface area contributed by atoms with Crippen molar-refractivity contribution in [1.29, 1.82) is 0 Å². The number of hydrogen-bond donors (Lipinski definition) is 1. The molecule has 2 aromatic carbocycles. The second-order valence-electron chi connectivity index (χ2n) is 6.91. The van der Waals surface area contributed by atoms with E-state index in [1.165, 1.54) is 0 Å². The van der Waals surface area contributed by atoms with Gasteiger partial charge in [0.15, 0.2) is 35.4 Å². The Bertz CT molecular complexity index is 1000. The van der Waals surface area contributed by atoms with Crippen molar-refractivity contribution in [2.45, 2.75) is 19.4 Å². The maximum Gasteiger partial charge on any atom is 0.306 e. The average Bonchev–Trinajstić information content (AvgIpc) is 3.27. The minimum Gasteiger partial charge on any atom is -0.486 e. The smallest absolute Gasteiger partial charge is 0.306 e. The lowest BCUT2D eigenvalue weighted by Gasteiger charge is -2.18. The summed E-state index contributed by atoms with van der Waals surface area (Å²) in [6, 6.07) is 10.3. The van der Waals surface area contributed by atoms with Gasteiger partial charge in [-0.25, -0.2) is 0 Å². The summed E-state index contributed by atoms with van der Waals surface area (Å²) in [5, 5.41) is 2.66. The third-order valence-electron chi connectivity index (χ3n) is 4.71. The van der Waals surface area contributed by atoms with Crippen molar-refractivity contribution in [2.24, 2.45) is 0 Å². The molecule has 0 unspecified atom stereocenters. The van der Waals surface area contributed by atoms with Crippen LogP contribution < -0.4 is 24.3 Å². The highest BCUT2D eigenvalue weighted by atomic mass is 16.7. The molecule has 1 N–H and O–H groups in total. The van der Waals surface area contributed by atoms with Gasteiger partial charge in [-0.1, -0.05) is 6.07 Å². The Labute approximate surface area is 178 Å². The van der Waals surface area contributed by atoms with Crippen molar-refractivity contribution >= 4 is 17.7 Å². The van der Waals surface area contributed by atoms with Gasteiger partial charge in [-0.3, -0.25) is 14.4 Å². The third-order valence-corrected chi connectivity index (χ3v) is 4.71. The Hall–Kier alpha value is -3.75. The van der Waals surface area contributed by atoms with Crippen molar-refractivity contribution in [1.82, 2.24) is 5.32 Å². The fourth-order valence-electron chi connectivity index (χ4n) is 3.10. The number of hydrogen-bond acceptors (Lipinski definition) is 8. The number of fused-ring (bicyclic) bond motifs is 2. The molecule has 0 fully saturated rings. The molecule has 9 nitrogen and oxygen atoms in total. The number of carbonyl (C=O) groups is 3. The molecule has 2 heterocycles. The summed E-state index contributed by atoms with van der Waals surface area (Å²) in [5.41, 5.74) is 1.26. The minimum absolute atomic E-state index is 0.0305. The molecular formula is C22H21NO8. The molecule has 0 spiro atoms. The van der Waals surface area contributed by atoms with Crippen LogP contribution in [0.3, 0.4) is 0 Å². The molecule has 0 atom stereocenters. The third kappa shape index (κ3) is 5.25. The van der Waals surface area contributed by atoms with Gasteiger partial charge in [0, 0.05) is 18.5 Å². The highest BCUT2D eigenvalue weighted by Crippen LogP contribution is 2.32. The number of rotatable bonds is 8. The van der Waals surface area contributed by atoms with E-state index in [4.69, 9.17) is 23.7 Å². The van der Waals surface area contributed by atoms with Gasteiger partial charge >= 0.3 is 5.97 Å². The van der Waals surface area contributed by atoms with Gasteiger partial charge in [-0.2, -0.15) is 0 Å². The highest BCUT2D eigenvalue weighted by Gasteiger charge is 2.17. The summed E-state index contributed by atoms with van der Waals surface area (Å²) in [7, 11) is 0. The zero-order chi connectivity index (χ0) is 21.6. The van der Waals surface area contributed by atoms with Gasteiger partial charge in [-0.15, -0.1) is 0 Å².